The van der Waals surface area contributed by atoms with Crippen LogP contribution in [0.15, 0.2) is 22.7 Å². The molecule has 0 aromatic heterocycles. The van der Waals surface area contributed by atoms with Crippen LogP contribution in [-0.4, -0.2) is 25.2 Å². The van der Waals surface area contributed by atoms with Gasteiger partial charge in [0.1, 0.15) is 0 Å². The quantitative estimate of drug-likeness (QED) is 0.509. The maximum absolute atomic E-state index is 10.5. The van der Waals surface area contributed by atoms with Gasteiger partial charge in [-0.1, -0.05) is 0 Å². The molecule has 0 spiro atoms. The SMILES string of the molecule is COCCNc1ccc([N+](=O)[O-])cc1Br. The number of halogens is 1. The molecule has 82 valence electrons. The van der Waals surface area contributed by atoms with Crippen molar-refractivity contribution >= 4 is 27.3 Å². The lowest BCUT2D eigenvalue weighted by Crippen LogP contribution is -2.07. The van der Waals surface area contributed by atoms with E-state index >= 15 is 0 Å². The maximum atomic E-state index is 10.5. The first-order valence-electron chi connectivity index (χ1n) is 4.32. The summed E-state index contributed by atoms with van der Waals surface area (Å²) in [5.74, 6) is 0. The topological polar surface area (TPSA) is 64.4 Å². The van der Waals surface area contributed by atoms with Crippen molar-refractivity contribution < 1.29 is 9.66 Å². The van der Waals surface area contributed by atoms with Gasteiger partial charge in [-0.3, -0.25) is 10.1 Å². The second-order valence-electron chi connectivity index (χ2n) is 2.84. The summed E-state index contributed by atoms with van der Waals surface area (Å²) in [6.45, 7) is 1.25. The zero-order chi connectivity index (χ0) is 11.3. The lowest BCUT2D eigenvalue weighted by Gasteiger charge is -2.07. The number of hydrogen-bond donors (Lipinski definition) is 1. The minimum absolute atomic E-state index is 0.0687. The number of benzene rings is 1. The van der Waals surface area contributed by atoms with Gasteiger partial charge in [-0.05, 0) is 22.0 Å². The first-order valence-corrected chi connectivity index (χ1v) is 5.11. The van der Waals surface area contributed by atoms with E-state index in [1.165, 1.54) is 12.1 Å². The molecule has 0 fully saturated rings. The summed E-state index contributed by atoms with van der Waals surface area (Å²) < 4.78 is 5.55. The van der Waals surface area contributed by atoms with Gasteiger partial charge in [0.15, 0.2) is 0 Å². The van der Waals surface area contributed by atoms with Crippen molar-refractivity contribution in [2.24, 2.45) is 0 Å². The Balaban J connectivity index is 2.70. The van der Waals surface area contributed by atoms with Crippen molar-refractivity contribution in [1.82, 2.24) is 0 Å². The lowest BCUT2D eigenvalue weighted by atomic mass is 10.3. The van der Waals surface area contributed by atoms with Gasteiger partial charge in [0, 0.05) is 35.9 Å². The zero-order valence-corrected chi connectivity index (χ0v) is 9.78. The van der Waals surface area contributed by atoms with Gasteiger partial charge in [-0.25, -0.2) is 0 Å². The van der Waals surface area contributed by atoms with Crippen LogP contribution >= 0.6 is 15.9 Å². The Labute approximate surface area is 95.7 Å². The smallest absolute Gasteiger partial charge is 0.270 e. The third kappa shape index (κ3) is 3.49. The highest BCUT2D eigenvalue weighted by atomic mass is 79.9. The molecule has 1 rings (SSSR count). The number of anilines is 1. The van der Waals surface area contributed by atoms with Crippen molar-refractivity contribution in [2.45, 2.75) is 0 Å². The average Bonchev–Trinajstić information content (AvgIpc) is 2.20. The third-order valence-electron chi connectivity index (χ3n) is 1.79. The monoisotopic (exact) mass is 274 g/mol. The third-order valence-corrected chi connectivity index (χ3v) is 2.44. The molecule has 1 aromatic rings. The summed E-state index contributed by atoms with van der Waals surface area (Å²) >= 11 is 3.26. The minimum atomic E-state index is -0.427. The van der Waals surface area contributed by atoms with Crippen LogP contribution in [0, 0.1) is 10.1 Å². The number of ether oxygens (including phenoxy) is 1. The molecule has 0 radical (unpaired) electrons. The predicted molar refractivity (Wildman–Crippen MR) is 61.2 cm³/mol. The predicted octanol–water partition coefficient (Wildman–Crippen LogP) is 2.42. The summed E-state index contributed by atoms with van der Waals surface area (Å²) in [6, 6.07) is 4.59. The van der Waals surface area contributed by atoms with Crippen LogP contribution in [0.5, 0.6) is 0 Å². The molecule has 0 saturated heterocycles. The van der Waals surface area contributed by atoms with Gasteiger partial charge in [0.25, 0.3) is 5.69 Å². The normalized spacial score (nSPS) is 10.0. The van der Waals surface area contributed by atoms with E-state index in [1.54, 1.807) is 13.2 Å². The van der Waals surface area contributed by atoms with Crippen LogP contribution in [0.3, 0.4) is 0 Å². The number of methoxy groups -OCH3 is 1. The van der Waals surface area contributed by atoms with Crippen LogP contribution in [0.2, 0.25) is 0 Å². The largest absolute Gasteiger partial charge is 0.383 e. The van der Waals surface area contributed by atoms with Crippen molar-refractivity contribution in [2.75, 3.05) is 25.6 Å². The highest BCUT2D eigenvalue weighted by Crippen LogP contribution is 2.26. The molecule has 5 nitrogen and oxygen atoms in total. The molecule has 0 amide bonds. The summed E-state index contributed by atoms with van der Waals surface area (Å²) in [5.41, 5.74) is 0.886. The molecule has 15 heavy (non-hydrogen) atoms. The van der Waals surface area contributed by atoms with Gasteiger partial charge in [0.2, 0.25) is 0 Å². The van der Waals surface area contributed by atoms with Crippen molar-refractivity contribution in [3.8, 4) is 0 Å². The lowest BCUT2D eigenvalue weighted by molar-refractivity contribution is -0.384. The Morgan fingerprint density at radius 3 is 2.87 bits per heavy atom. The first-order chi connectivity index (χ1) is 7.15. The van der Waals surface area contributed by atoms with Crippen LogP contribution in [-0.2, 0) is 4.74 Å². The Kier molecular flexibility index (Phi) is 4.51. The molecule has 0 bridgehead atoms. The fraction of sp³-hybridized carbons (Fsp3) is 0.333. The molecule has 0 atom stereocenters. The molecular formula is C9H11BrN2O3. The molecule has 0 heterocycles. The van der Waals surface area contributed by atoms with Crippen LogP contribution < -0.4 is 5.32 Å². The zero-order valence-electron chi connectivity index (χ0n) is 8.20. The Morgan fingerprint density at radius 2 is 2.33 bits per heavy atom. The molecule has 6 heteroatoms. The molecule has 0 aliphatic rings. The van der Waals surface area contributed by atoms with E-state index in [0.29, 0.717) is 17.6 Å². The second-order valence-corrected chi connectivity index (χ2v) is 3.70. The Hall–Kier alpha value is -1.14. The fourth-order valence-corrected chi connectivity index (χ4v) is 1.56. The summed E-state index contributed by atoms with van der Waals surface area (Å²) in [7, 11) is 1.62. The molecule has 0 saturated carbocycles. The number of nitrogens with one attached hydrogen (secondary N) is 1. The van der Waals surface area contributed by atoms with Gasteiger partial charge in [0.05, 0.1) is 11.5 Å². The van der Waals surface area contributed by atoms with E-state index in [1.807, 2.05) is 0 Å². The van der Waals surface area contributed by atoms with E-state index < -0.39 is 4.92 Å². The van der Waals surface area contributed by atoms with Gasteiger partial charge < -0.3 is 10.1 Å². The van der Waals surface area contributed by atoms with Crippen molar-refractivity contribution in [3.05, 3.63) is 32.8 Å². The molecule has 1 aromatic carbocycles. The highest BCUT2D eigenvalue weighted by Gasteiger charge is 2.08. The maximum Gasteiger partial charge on any atom is 0.270 e. The molecule has 0 aliphatic carbocycles. The van der Waals surface area contributed by atoms with Crippen molar-refractivity contribution in [1.29, 1.82) is 0 Å². The van der Waals surface area contributed by atoms with E-state index in [4.69, 9.17) is 4.74 Å². The fourth-order valence-electron chi connectivity index (χ4n) is 1.05. The molecular weight excluding hydrogens is 264 g/mol. The number of non-ortho nitro benzene ring substituents is 1. The van der Waals surface area contributed by atoms with E-state index in [-0.39, 0.29) is 5.69 Å². The van der Waals surface area contributed by atoms with Gasteiger partial charge in [-0.2, -0.15) is 0 Å². The van der Waals surface area contributed by atoms with Gasteiger partial charge >= 0.3 is 0 Å². The number of rotatable bonds is 5. The number of nitrogens with zero attached hydrogens (tertiary/aromatic N) is 1. The Morgan fingerprint density at radius 1 is 1.60 bits per heavy atom. The van der Waals surface area contributed by atoms with Crippen LogP contribution in [0.4, 0.5) is 11.4 Å². The summed E-state index contributed by atoms with van der Waals surface area (Å²) in [5, 5.41) is 13.6. The van der Waals surface area contributed by atoms with Crippen LogP contribution in [0.1, 0.15) is 0 Å². The Bertz CT molecular complexity index is 357. The summed E-state index contributed by atoms with van der Waals surface area (Å²) in [6.07, 6.45) is 0. The second kappa shape index (κ2) is 5.67. The summed E-state index contributed by atoms with van der Waals surface area (Å²) in [4.78, 5) is 10.0. The molecule has 1 N–H and O–H groups in total. The van der Waals surface area contributed by atoms with Gasteiger partial charge in [-0.15, -0.1) is 0 Å². The van der Waals surface area contributed by atoms with Crippen LogP contribution in [0.25, 0.3) is 0 Å². The van der Waals surface area contributed by atoms with E-state index in [0.717, 1.165) is 5.69 Å². The average molecular weight is 275 g/mol. The number of hydrogen-bond acceptors (Lipinski definition) is 4. The first kappa shape index (κ1) is 11.9. The van der Waals surface area contributed by atoms with E-state index in [9.17, 15) is 10.1 Å². The minimum Gasteiger partial charge on any atom is -0.383 e. The number of nitro groups is 1. The molecule has 0 unspecified atom stereocenters. The van der Waals surface area contributed by atoms with Crippen molar-refractivity contribution in [3.63, 3.8) is 0 Å². The number of nitro benzene ring substituents is 1. The van der Waals surface area contributed by atoms with E-state index in [2.05, 4.69) is 21.2 Å². The molecule has 0 aliphatic heterocycles. The standard InChI is InChI=1S/C9H11BrN2O3/c1-15-5-4-11-9-3-2-7(12(13)14)6-8(9)10/h2-3,6,11H,4-5H2,1H3. The highest BCUT2D eigenvalue weighted by molar-refractivity contribution is 9.10.